The molecule has 3 aliphatic heterocycles. The summed E-state index contributed by atoms with van der Waals surface area (Å²) in [6.07, 6.45) is 4.94. The van der Waals surface area contributed by atoms with Gasteiger partial charge >= 0.3 is 0 Å². The van der Waals surface area contributed by atoms with Crippen LogP contribution in [-0.2, 0) is 4.79 Å². The van der Waals surface area contributed by atoms with E-state index in [1.165, 1.54) is 0 Å². The number of hydrogen-bond donors (Lipinski definition) is 0. The molecule has 3 aliphatic rings. The number of allylic oxidation sites excluding steroid dienone is 1. The van der Waals surface area contributed by atoms with E-state index in [1.807, 2.05) is 45.9 Å². The van der Waals surface area contributed by atoms with Gasteiger partial charge in [-0.1, -0.05) is 0 Å². The van der Waals surface area contributed by atoms with Crippen LogP contribution in [-0.4, -0.2) is 44.3 Å². The topological polar surface area (TPSA) is 55.8 Å². The Bertz CT molecular complexity index is 1000. The summed E-state index contributed by atoms with van der Waals surface area (Å²) in [5.41, 5.74) is 6.92. The molecule has 0 N–H and O–H groups in total. The molecule has 5 heteroatoms. The molecule has 0 amide bonds. The number of carbonyl (C=O) groups excluding carboxylic acids is 2. The van der Waals surface area contributed by atoms with Crippen LogP contribution in [0.25, 0.3) is 6.08 Å². The first kappa shape index (κ1) is 23.6. The SMILES string of the molecule is COc1c(C)cc(/C=C2\C(=O)C3CCN2CC3)cc1C.COc1c(C)cc(C=O)cc1C. The maximum absolute atomic E-state index is 12.3. The highest BCUT2D eigenvalue weighted by atomic mass is 16.5. The van der Waals surface area contributed by atoms with Crippen LogP contribution in [0.15, 0.2) is 30.0 Å². The molecule has 3 saturated heterocycles. The standard InChI is InChI=1S/C17H21NO2.C10H12O2/c1-11-8-13(9-12(2)17(11)20-3)10-15-16(19)14-4-6-18(15)7-5-14;1-7-4-9(6-11)5-8(2)10(7)12-3/h8-10,14H,4-7H2,1-3H3;4-6H,1-3H3/b15-10+;. The fourth-order valence-electron chi connectivity index (χ4n) is 4.83. The van der Waals surface area contributed by atoms with Crippen LogP contribution < -0.4 is 9.47 Å². The van der Waals surface area contributed by atoms with Crippen molar-refractivity contribution in [1.29, 1.82) is 0 Å². The van der Waals surface area contributed by atoms with Gasteiger partial charge in [-0.2, -0.15) is 0 Å². The average Bonchev–Trinajstić information content (AvgIpc) is 2.76. The Morgan fingerprint density at radius 1 is 0.812 bits per heavy atom. The van der Waals surface area contributed by atoms with E-state index in [0.29, 0.717) is 11.3 Å². The number of nitrogens with zero attached hydrogens (tertiary/aromatic N) is 1. The number of aryl methyl sites for hydroxylation is 4. The van der Waals surface area contributed by atoms with Crippen molar-refractivity contribution in [3.05, 3.63) is 63.3 Å². The van der Waals surface area contributed by atoms with Gasteiger partial charge in [-0.25, -0.2) is 0 Å². The number of fused-ring (bicyclic) bond motifs is 3. The normalized spacial score (nSPS) is 16.6. The van der Waals surface area contributed by atoms with E-state index in [1.54, 1.807) is 14.2 Å². The summed E-state index contributed by atoms with van der Waals surface area (Å²) >= 11 is 0. The van der Waals surface area contributed by atoms with Crippen LogP contribution in [0.4, 0.5) is 0 Å². The second kappa shape index (κ2) is 10.0. The zero-order valence-corrected chi connectivity index (χ0v) is 20.0. The van der Waals surface area contributed by atoms with E-state index in [4.69, 9.17) is 9.47 Å². The minimum Gasteiger partial charge on any atom is -0.496 e. The first-order chi connectivity index (χ1) is 15.3. The van der Waals surface area contributed by atoms with Gasteiger partial charge in [0.25, 0.3) is 0 Å². The van der Waals surface area contributed by atoms with Gasteiger partial charge in [0.1, 0.15) is 17.8 Å². The van der Waals surface area contributed by atoms with Gasteiger partial charge in [-0.3, -0.25) is 9.59 Å². The second-order valence-corrected chi connectivity index (χ2v) is 8.65. The molecule has 5 nitrogen and oxygen atoms in total. The van der Waals surface area contributed by atoms with E-state index < -0.39 is 0 Å². The minimum atomic E-state index is 0.256. The monoisotopic (exact) mass is 435 g/mol. The number of piperidine rings is 3. The van der Waals surface area contributed by atoms with E-state index in [9.17, 15) is 9.59 Å². The largest absolute Gasteiger partial charge is 0.496 e. The number of rotatable bonds is 4. The summed E-state index contributed by atoms with van der Waals surface area (Å²) in [7, 11) is 3.33. The van der Waals surface area contributed by atoms with Gasteiger partial charge in [-0.15, -0.1) is 0 Å². The lowest BCUT2D eigenvalue weighted by Gasteiger charge is -2.41. The molecule has 0 radical (unpaired) electrons. The lowest BCUT2D eigenvalue weighted by molar-refractivity contribution is -0.125. The third-order valence-electron chi connectivity index (χ3n) is 6.27. The third-order valence-corrected chi connectivity index (χ3v) is 6.27. The number of methoxy groups -OCH3 is 2. The number of benzene rings is 2. The Morgan fingerprint density at radius 3 is 1.62 bits per heavy atom. The fourth-order valence-corrected chi connectivity index (χ4v) is 4.83. The summed E-state index contributed by atoms with van der Waals surface area (Å²) in [6, 6.07) is 7.82. The number of hydrogen-bond acceptors (Lipinski definition) is 5. The molecule has 2 aromatic carbocycles. The predicted molar refractivity (Wildman–Crippen MR) is 128 cm³/mol. The van der Waals surface area contributed by atoms with Gasteiger partial charge in [-0.05, 0) is 98.7 Å². The number of carbonyl (C=O) groups is 2. The number of ether oxygens (including phenoxy) is 2. The Balaban J connectivity index is 0.000000207. The lowest BCUT2D eigenvalue weighted by atomic mass is 9.84. The molecule has 0 saturated carbocycles. The molecular weight excluding hydrogens is 402 g/mol. The fraction of sp³-hybridized carbons (Fsp3) is 0.407. The zero-order valence-electron chi connectivity index (χ0n) is 20.0. The summed E-state index contributed by atoms with van der Waals surface area (Å²) in [6.45, 7) is 10.00. The van der Waals surface area contributed by atoms with Crippen molar-refractivity contribution in [2.75, 3.05) is 27.3 Å². The molecule has 3 fully saturated rings. The van der Waals surface area contributed by atoms with Gasteiger partial charge < -0.3 is 14.4 Å². The number of ketones is 1. The van der Waals surface area contributed by atoms with Crippen molar-refractivity contribution in [2.24, 2.45) is 5.92 Å². The van der Waals surface area contributed by atoms with Gasteiger partial charge in [0, 0.05) is 24.6 Å². The van der Waals surface area contributed by atoms with E-state index in [-0.39, 0.29) is 5.92 Å². The highest BCUT2D eigenvalue weighted by Gasteiger charge is 2.36. The van der Waals surface area contributed by atoms with Crippen molar-refractivity contribution < 1.29 is 19.1 Å². The molecule has 2 aromatic rings. The molecule has 2 bridgehead atoms. The maximum atomic E-state index is 12.3. The number of aldehydes is 1. The average molecular weight is 436 g/mol. The van der Waals surface area contributed by atoms with Crippen molar-refractivity contribution in [3.63, 3.8) is 0 Å². The number of Topliss-reactive ketones (excluding diaryl/α,β-unsaturated/α-hetero) is 1. The predicted octanol–water partition coefficient (Wildman–Crippen LogP) is 5.07. The first-order valence-electron chi connectivity index (χ1n) is 11.1. The molecule has 0 atom stereocenters. The van der Waals surface area contributed by atoms with Gasteiger partial charge in [0.15, 0.2) is 5.78 Å². The van der Waals surface area contributed by atoms with E-state index in [2.05, 4.69) is 17.0 Å². The molecule has 0 aliphatic carbocycles. The van der Waals surface area contributed by atoms with Crippen LogP contribution in [0.2, 0.25) is 0 Å². The van der Waals surface area contributed by atoms with Gasteiger partial charge in [0.05, 0.1) is 19.9 Å². The molecule has 32 heavy (non-hydrogen) atoms. The second-order valence-electron chi connectivity index (χ2n) is 8.65. The molecule has 3 heterocycles. The van der Waals surface area contributed by atoms with Crippen molar-refractivity contribution >= 4 is 18.1 Å². The Kier molecular flexibility index (Phi) is 7.39. The van der Waals surface area contributed by atoms with Crippen molar-refractivity contribution in [1.82, 2.24) is 4.90 Å². The molecule has 0 aromatic heterocycles. The highest BCUT2D eigenvalue weighted by molar-refractivity contribution is 6.02. The van der Waals surface area contributed by atoms with Crippen LogP contribution in [0.1, 0.15) is 51.0 Å². The van der Waals surface area contributed by atoms with Crippen LogP contribution in [0.5, 0.6) is 11.5 Å². The minimum absolute atomic E-state index is 0.256. The summed E-state index contributed by atoms with van der Waals surface area (Å²) < 4.78 is 10.6. The van der Waals surface area contributed by atoms with Crippen LogP contribution in [0.3, 0.4) is 0 Å². The Hall–Kier alpha value is -3.08. The van der Waals surface area contributed by atoms with Gasteiger partial charge in [0.2, 0.25) is 0 Å². The van der Waals surface area contributed by atoms with E-state index >= 15 is 0 Å². The third kappa shape index (κ3) is 4.87. The smallest absolute Gasteiger partial charge is 0.182 e. The summed E-state index contributed by atoms with van der Waals surface area (Å²) in [4.78, 5) is 25.1. The molecule has 170 valence electrons. The Morgan fingerprint density at radius 2 is 1.25 bits per heavy atom. The van der Waals surface area contributed by atoms with Crippen molar-refractivity contribution in [3.8, 4) is 11.5 Å². The van der Waals surface area contributed by atoms with Crippen molar-refractivity contribution in [2.45, 2.75) is 40.5 Å². The Labute approximate surface area is 191 Å². The van der Waals surface area contributed by atoms with E-state index in [0.717, 1.165) is 77.2 Å². The summed E-state index contributed by atoms with van der Waals surface area (Å²) in [5, 5.41) is 0. The van der Waals surface area contributed by atoms with Crippen LogP contribution >= 0.6 is 0 Å². The quantitative estimate of drug-likeness (QED) is 0.496. The maximum Gasteiger partial charge on any atom is 0.182 e. The molecular formula is C27H33NO4. The lowest BCUT2D eigenvalue weighted by Crippen LogP contribution is -2.45. The first-order valence-corrected chi connectivity index (χ1v) is 11.1. The molecule has 0 unspecified atom stereocenters. The molecule has 0 spiro atoms. The zero-order chi connectivity index (χ0) is 23.4. The summed E-state index contributed by atoms with van der Waals surface area (Å²) in [5.74, 6) is 2.38. The van der Waals surface area contributed by atoms with Crippen LogP contribution in [0, 0.1) is 33.6 Å². The molecule has 5 rings (SSSR count). The highest BCUT2D eigenvalue weighted by Crippen LogP contribution is 2.33.